The summed E-state index contributed by atoms with van der Waals surface area (Å²) in [7, 11) is 4.34. The summed E-state index contributed by atoms with van der Waals surface area (Å²) in [5, 5.41) is 20.6. The van der Waals surface area contributed by atoms with Crippen LogP contribution in [0.3, 0.4) is 0 Å². The molecule has 1 saturated heterocycles. The molecule has 244 valence electrons. The molecule has 2 aliphatic rings. The number of nitrogens with one attached hydrogen (secondary N) is 3. The topological polar surface area (TPSA) is 157 Å². The third-order valence-corrected chi connectivity index (χ3v) is 9.34. The lowest BCUT2D eigenvalue weighted by Crippen LogP contribution is -2.40. The largest absolute Gasteiger partial charge is 0.481 e. The Kier molecular flexibility index (Phi) is 8.75. The van der Waals surface area contributed by atoms with Gasteiger partial charge in [-0.2, -0.15) is 0 Å². The molecule has 47 heavy (non-hydrogen) atoms. The normalized spacial score (nSPS) is 18.6. The van der Waals surface area contributed by atoms with Crippen molar-refractivity contribution in [2.24, 2.45) is 14.1 Å². The molecule has 0 bridgehead atoms. The molecular weight excluding hydrogens is 624 g/mol. The van der Waals surface area contributed by atoms with Crippen LogP contribution in [0.25, 0.3) is 22.4 Å². The minimum absolute atomic E-state index is 0.00900. The van der Waals surface area contributed by atoms with Gasteiger partial charge in [0.05, 0.1) is 30.0 Å². The second kappa shape index (κ2) is 12.8. The molecule has 0 spiro atoms. The lowest BCUT2D eigenvalue weighted by Gasteiger charge is -2.22. The number of carbonyl (C=O) groups excluding carboxylic acids is 2. The van der Waals surface area contributed by atoms with Crippen molar-refractivity contribution in [3.63, 3.8) is 0 Å². The Morgan fingerprint density at radius 3 is 2.57 bits per heavy atom. The number of aliphatic hydroxyl groups is 1. The van der Waals surface area contributed by atoms with E-state index < -0.39 is 29.3 Å². The summed E-state index contributed by atoms with van der Waals surface area (Å²) in [6.07, 6.45) is 2.17. The number of hydrogen-bond donors (Lipinski definition) is 4. The van der Waals surface area contributed by atoms with E-state index in [0.29, 0.717) is 52.8 Å². The zero-order chi connectivity index (χ0) is 33.6. The fourth-order valence-corrected chi connectivity index (χ4v) is 6.73. The number of amides is 2. The van der Waals surface area contributed by atoms with Crippen LogP contribution in [0.1, 0.15) is 45.9 Å². The van der Waals surface area contributed by atoms with E-state index in [4.69, 9.17) is 21.3 Å². The number of pyridine rings is 1. The highest BCUT2D eigenvalue weighted by atomic mass is 35.5. The van der Waals surface area contributed by atoms with E-state index >= 15 is 0 Å². The fourth-order valence-electron chi connectivity index (χ4n) is 6.40. The summed E-state index contributed by atoms with van der Waals surface area (Å²) in [4.78, 5) is 54.3. The molecule has 1 fully saturated rings. The van der Waals surface area contributed by atoms with E-state index in [-0.39, 0.29) is 17.5 Å². The summed E-state index contributed by atoms with van der Waals surface area (Å²) < 4.78 is 7.79. The maximum absolute atomic E-state index is 13.2. The number of aryl methyl sites for hydroxylation is 1. The highest BCUT2D eigenvalue weighted by Gasteiger charge is 2.36. The van der Waals surface area contributed by atoms with Crippen molar-refractivity contribution in [1.82, 2.24) is 24.8 Å². The van der Waals surface area contributed by atoms with E-state index in [1.54, 1.807) is 12.1 Å². The molecule has 1 aliphatic carbocycles. The standard InChI is InChI=1S/C34H35ClN6O6/c1-17-20(7-6-10-24(17)38-31(44)23-16-40(2)34(46)41(3)33(23)45)21-8-5-9-22(29(21)35)25-13-18-14-26(42)30(28(18)32(39-25)47-4)36-15-19-11-12-27(43)37-19/h5-10,13,16,19,26,30,36,42H,11-12,14-15H2,1-4H3,(H,37,43)(H,38,44)/t19-,26-,30-/m0/s1. The zero-order valence-electron chi connectivity index (χ0n) is 26.4. The number of fused-ring (bicyclic) bond motifs is 1. The van der Waals surface area contributed by atoms with Crippen LogP contribution in [0.2, 0.25) is 5.02 Å². The number of methoxy groups -OCH3 is 1. The molecule has 2 aromatic heterocycles. The van der Waals surface area contributed by atoms with Crippen molar-refractivity contribution in [2.45, 2.75) is 44.4 Å². The number of aliphatic hydroxyl groups excluding tert-OH is 1. The lowest BCUT2D eigenvalue weighted by molar-refractivity contribution is -0.119. The number of benzene rings is 2. The Bertz CT molecular complexity index is 2040. The summed E-state index contributed by atoms with van der Waals surface area (Å²) in [6, 6.07) is 12.5. The third-order valence-electron chi connectivity index (χ3n) is 8.93. The average molecular weight is 659 g/mol. The van der Waals surface area contributed by atoms with Crippen LogP contribution in [0, 0.1) is 6.92 Å². The molecule has 3 atom stereocenters. The van der Waals surface area contributed by atoms with Gasteiger partial charge in [-0.3, -0.25) is 19.0 Å². The number of hydrogen-bond acceptors (Lipinski definition) is 8. The van der Waals surface area contributed by atoms with Gasteiger partial charge in [0.25, 0.3) is 11.5 Å². The molecule has 4 N–H and O–H groups in total. The quantitative estimate of drug-likeness (QED) is 0.225. The molecule has 12 nitrogen and oxygen atoms in total. The number of ether oxygens (including phenoxy) is 1. The Morgan fingerprint density at radius 1 is 1.13 bits per heavy atom. The molecule has 0 radical (unpaired) electrons. The van der Waals surface area contributed by atoms with Gasteiger partial charge in [-0.25, -0.2) is 9.78 Å². The number of carbonyl (C=O) groups is 2. The maximum atomic E-state index is 13.2. The first-order valence-electron chi connectivity index (χ1n) is 15.2. The smallest absolute Gasteiger partial charge is 0.330 e. The monoisotopic (exact) mass is 658 g/mol. The van der Waals surface area contributed by atoms with Gasteiger partial charge in [-0.05, 0) is 42.2 Å². The summed E-state index contributed by atoms with van der Waals surface area (Å²) in [5.41, 5.74) is 4.19. The molecule has 0 saturated carbocycles. The SMILES string of the molecule is COc1nc(-c2cccc(-c3cccc(NC(=O)c4cn(C)c(=O)n(C)c4=O)c3C)c2Cl)cc2c1[C@@H](NC[C@@H]1CCC(=O)N1)[C@@H](O)C2. The first kappa shape index (κ1) is 32.2. The van der Waals surface area contributed by atoms with Crippen molar-refractivity contribution < 1.29 is 19.4 Å². The van der Waals surface area contributed by atoms with E-state index in [1.807, 2.05) is 37.3 Å². The van der Waals surface area contributed by atoms with Gasteiger partial charge in [0.15, 0.2) is 0 Å². The molecule has 4 aromatic rings. The van der Waals surface area contributed by atoms with Gasteiger partial charge in [0.2, 0.25) is 11.8 Å². The molecule has 0 unspecified atom stereocenters. The number of halogens is 1. The Hall–Kier alpha value is -4.78. The number of anilines is 1. The van der Waals surface area contributed by atoms with Crippen LogP contribution in [0.15, 0.2) is 58.3 Å². The van der Waals surface area contributed by atoms with Gasteiger partial charge in [-0.15, -0.1) is 0 Å². The molecular formula is C34H35ClN6O6. The summed E-state index contributed by atoms with van der Waals surface area (Å²) in [5.74, 6) is -0.222. The Balaban J connectivity index is 1.31. The Morgan fingerprint density at radius 2 is 1.85 bits per heavy atom. The second-order valence-electron chi connectivity index (χ2n) is 11.9. The molecule has 3 heterocycles. The van der Waals surface area contributed by atoms with E-state index in [0.717, 1.165) is 33.2 Å². The lowest BCUT2D eigenvalue weighted by atomic mass is 9.96. The molecule has 6 rings (SSSR count). The average Bonchev–Trinajstić information content (AvgIpc) is 3.62. The van der Waals surface area contributed by atoms with E-state index in [2.05, 4.69) is 16.0 Å². The van der Waals surface area contributed by atoms with E-state index in [1.165, 1.54) is 32.0 Å². The van der Waals surface area contributed by atoms with Crippen LogP contribution in [0.4, 0.5) is 5.69 Å². The number of nitrogens with zero attached hydrogens (tertiary/aromatic N) is 3. The predicted molar refractivity (Wildman–Crippen MR) is 178 cm³/mol. The highest BCUT2D eigenvalue weighted by Crippen LogP contribution is 2.43. The Labute approximate surface area is 275 Å². The highest BCUT2D eigenvalue weighted by molar-refractivity contribution is 6.36. The first-order valence-corrected chi connectivity index (χ1v) is 15.6. The number of rotatable bonds is 8. The van der Waals surface area contributed by atoms with Crippen LogP contribution < -0.4 is 31.9 Å². The van der Waals surface area contributed by atoms with Gasteiger partial charge in [0, 0.05) is 68.1 Å². The predicted octanol–water partition coefficient (Wildman–Crippen LogP) is 2.86. The van der Waals surface area contributed by atoms with Gasteiger partial charge in [0.1, 0.15) is 5.56 Å². The van der Waals surface area contributed by atoms with Crippen LogP contribution in [-0.4, -0.2) is 56.8 Å². The van der Waals surface area contributed by atoms with Crippen LogP contribution in [-0.2, 0) is 25.3 Å². The summed E-state index contributed by atoms with van der Waals surface area (Å²) in [6.45, 7) is 2.36. The molecule has 2 aromatic carbocycles. The van der Waals surface area contributed by atoms with E-state index in [9.17, 15) is 24.3 Å². The minimum atomic E-state index is -0.698. The van der Waals surface area contributed by atoms with Crippen molar-refractivity contribution in [3.05, 3.63) is 96.8 Å². The van der Waals surface area contributed by atoms with Crippen molar-refractivity contribution >= 4 is 29.1 Å². The third kappa shape index (κ3) is 5.95. The number of aromatic nitrogens is 3. The first-order chi connectivity index (χ1) is 22.5. The summed E-state index contributed by atoms with van der Waals surface area (Å²) >= 11 is 7.07. The maximum Gasteiger partial charge on any atom is 0.330 e. The van der Waals surface area contributed by atoms with Crippen LogP contribution >= 0.6 is 11.6 Å². The van der Waals surface area contributed by atoms with Gasteiger partial charge < -0.3 is 30.4 Å². The van der Waals surface area contributed by atoms with Crippen molar-refractivity contribution in [2.75, 3.05) is 19.0 Å². The van der Waals surface area contributed by atoms with Crippen molar-refractivity contribution in [3.8, 4) is 28.3 Å². The molecule has 1 aliphatic heterocycles. The van der Waals surface area contributed by atoms with Gasteiger partial charge in [-0.1, -0.05) is 41.9 Å². The fraction of sp³-hybridized carbons (Fsp3) is 0.324. The zero-order valence-corrected chi connectivity index (χ0v) is 27.1. The van der Waals surface area contributed by atoms with Crippen LogP contribution in [0.5, 0.6) is 5.88 Å². The molecule has 13 heteroatoms. The molecule has 2 amide bonds. The second-order valence-corrected chi connectivity index (χ2v) is 12.3. The van der Waals surface area contributed by atoms with Gasteiger partial charge >= 0.3 is 5.69 Å². The minimum Gasteiger partial charge on any atom is -0.481 e. The van der Waals surface area contributed by atoms with Crippen molar-refractivity contribution in [1.29, 1.82) is 0 Å².